The van der Waals surface area contributed by atoms with Gasteiger partial charge in [0.1, 0.15) is 5.82 Å². The molecule has 1 aliphatic heterocycles. The molecule has 2 aliphatic rings. The molecule has 0 radical (unpaired) electrons. The predicted molar refractivity (Wildman–Crippen MR) is 81.0 cm³/mol. The lowest BCUT2D eigenvalue weighted by atomic mass is 10.2. The van der Waals surface area contributed by atoms with E-state index in [0.717, 1.165) is 29.6 Å². The Bertz CT molecular complexity index is 485. The number of ether oxygens (including phenoxy) is 2. The summed E-state index contributed by atoms with van der Waals surface area (Å²) < 4.78 is 14.2. The summed E-state index contributed by atoms with van der Waals surface area (Å²) in [4.78, 5) is 0. The second-order valence-corrected chi connectivity index (χ2v) is 7.03. The third kappa shape index (κ3) is 3.11. The normalized spacial score (nSPS) is 24.5. The van der Waals surface area contributed by atoms with E-state index in [-0.39, 0.29) is 11.9 Å². The van der Waals surface area contributed by atoms with Crippen LogP contribution in [0.4, 0.5) is 0 Å². The number of thioether (sulfide) groups is 1. The van der Waals surface area contributed by atoms with Crippen LogP contribution in [0, 0.1) is 0 Å². The summed E-state index contributed by atoms with van der Waals surface area (Å²) >= 11 is 1.68. The molecule has 21 heavy (non-hydrogen) atoms. The number of rotatable bonds is 5. The van der Waals surface area contributed by atoms with Crippen molar-refractivity contribution in [2.24, 2.45) is 5.73 Å². The van der Waals surface area contributed by atoms with Crippen LogP contribution in [-0.2, 0) is 16.0 Å². The molecule has 1 saturated heterocycles. The van der Waals surface area contributed by atoms with Crippen LogP contribution in [0.15, 0.2) is 5.16 Å². The van der Waals surface area contributed by atoms with Crippen molar-refractivity contribution in [1.82, 2.24) is 14.8 Å². The average Bonchev–Trinajstić information content (AvgIpc) is 3.18. The van der Waals surface area contributed by atoms with Gasteiger partial charge in [0.2, 0.25) is 0 Å². The van der Waals surface area contributed by atoms with Crippen LogP contribution in [0.3, 0.4) is 0 Å². The van der Waals surface area contributed by atoms with Gasteiger partial charge in [-0.3, -0.25) is 0 Å². The lowest BCUT2D eigenvalue weighted by Crippen LogP contribution is -2.27. The quantitative estimate of drug-likeness (QED) is 0.839. The Morgan fingerprint density at radius 2 is 2.14 bits per heavy atom. The molecule has 0 bridgehead atoms. The zero-order valence-electron chi connectivity index (χ0n) is 12.7. The van der Waals surface area contributed by atoms with Gasteiger partial charge in [-0.15, -0.1) is 10.2 Å². The summed E-state index contributed by atoms with van der Waals surface area (Å²) in [7, 11) is 0. The molecule has 1 saturated carbocycles. The molecule has 6 nitrogen and oxygen atoms in total. The molecule has 1 unspecified atom stereocenters. The van der Waals surface area contributed by atoms with E-state index >= 15 is 0 Å². The van der Waals surface area contributed by atoms with Crippen LogP contribution < -0.4 is 5.73 Å². The maximum Gasteiger partial charge on any atom is 0.191 e. The van der Waals surface area contributed by atoms with Gasteiger partial charge in [-0.2, -0.15) is 0 Å². The fraction of sp³-hybridized carbons (Fsp3) is 0.857. The third-order valence-electron chi connectivity index (χ3n) is 4.11. The Hall–Kier alpha value is -0.630. The van der Waals surface area contributed by atoms with Gasteiger partial charge < -0.3 is 19.8 Å². The van der Waals surface area contributed by atoms with Crippen molar-refractivity contribution in [3.63, 3.8) is 0 Å². The second kappa shape index (κ2) is 6.24. The molecule has 1 atom stereocenters. The molecule has 1 aromatic heterocycles. The lowest BCUT2D eigenvalue weighted by molar-refractivity contribution is -0.159. The van der Waals surface area contributed by atoms with E-state index in [1.807, 2.05) is 0 Å². The SMILES string of the molecule is CC(C)n1c(CN)nnc1SCC1COC2(CCCC2)O1. The maximum atomic E-state index is 6.14. The lowest BCUT2D eigenvalue weighted by Gasteiger charge is -2.21. The number of nitrogens with zero attached hydrogens (tertiary/aromatic N) is 3. The van der Waals surface area contributed by atoms with E-state index in [2.05, 4.69) is 28.6 Å². The van der Waals surface area contributed by atoms with Gasteiger partial charge in [-0.05, 0) is 26.7 Å². The molecule has 0 aromatic carbocycles. The first-order chi connectivity index (χ1) is 10.1. The fourth-order valence-electron chi connectivity index (χ4n) is 3.11. The van der Waals surface area contributed by atoms with Crippen LogP contribution in [0.2, 0.25) is 0 Å². The Morgan fingerprint density at radius 3 is 2.81 bits per heavy atom. The molecule has 3 rings (SSSR count). The van der Waals surface area contributed by atoms with E-state index in [9.17, 15) is 0 Å². The van der Waals surface area contributed by atoms with Crippen LogP contribution in [0.1, 0.15) is 51.4 Å². The Kier molecular flexibility index (Phi) is 4.54. The first kappa shape index (κ1) is 15.3. The number of nitrogens with two attached hydrogens (primary N) is 1. The summed E-state index contributed by atoms with van der Waals surface area (Å²) in [5, 5.41) is 9.34. The maximum absolute atomic E-state index is 6.14. The van der Waals surface area contributed by atoms with Gasteiger partial charge in [0, 0.05) is 24.6 Å². The van der Waals surface area contributed by atoms with Crippen molar-refractivity contribution in [3.05, 3.63) is 5.82 Å². The predicted octanol–water partition coefficient (Wildman–Crippen LogP) is 2.10. The van der Waals surface area contributed by atoms with E-state index in [1.54, 1.807) is 11.8 Å². The average molecular weight is 312 g/mol. The highest BCUT2D eigenvalue weighted by Gasteiger charge is 2.43. The molecule has 1 aliphatic carbocycles. The standard InChI is InChI=1S/C14H24N4O2S/c1-10(2)18-12(7-15)16-17-13(18)21-9-11-8-19-14(20-11)5-3-4-6-14/h10-11H,3-9,15H2,1-2H3. The van der Waals surface area contributed by atoms with Crippen molar-refractivity contribution in [2.75, 3.05) is 12.4 Å². The highest BCUT2D eigenvalue weighted by molar-refractivity contribution is 7.99. The van der Waals surface area contributed by atoms with Gasteiger partial charge in [0.15, 0.2) is 10.9 Å². The summed E-state index contributed by atoms with van der Waals surface area (Å²) in [5.41, 5.74) is 5.72. The zero-order valence-corrected chi connectivity index (χ0v) is 13.6. The summed E-state index contributed by atoms with van der Waals surface area (Å²) in [6, 6.07) is 0.308. The largest absolute Gasteiger partial charge is 0.347 e. The van der Waals surface area contributed by atoms with Crippen molar-refractivity contribution < 1.29 is 9.47 Å². The molecule has 1 spiro atoms. The number of hydrogen-bond acceptors (Lipinski definition) is 6. The van der Waals surface area contributed by atoms with Crippen molar-refractivity contribution in [3.8, 4) is 0 Å². The molecule has 0 amide bonds. The Labute approximate surface area is 129 Å². The van der Waals surface area contributed by atoms with Gasteiger partial charge in [-0.25, -0.2) is 0 Å². The second-order valence-electron chi connectivity index (χ2n) is 6.05. The summed E-state index contributed by atoms with van der Waals surface area (Å²) in [5.74, 6) is 1.40. The molecule has 118 valence electrons. The van der Waals surface area contributed by atoms with E-state index < -0.39 is 0 Å². The van der Waals surface area contributed by atoms with Crippen molar-refractivity contribution in [2.45, 2.75) is 69.2 Å². The van der Waals surface area contributed by atoms with Gasteiger partial charge in [0.25, 0.3) is 0 Å². The molecule has 2 N–H and O–H groups in total. The van der Waals surface area contributed by atoms with E-state index in [0.29, 0.717) is 19.2 Å². The van der Waals surface area contributed by atoms with Gasteiger partial charge in [-0.1, -0.05) is 11.8 Å². The Balaban J connectivity index is 1.60. The van der Waals surface area contributed by atoms with Gasteiger partial charge in [0.05, 0.1) is 19.3 Å². The molecular weight excluding hydrogens is 288 g/mol. The number of aromatic nitrogens is 3. The van der Waals surface area contributed by atoms with Crippen LogP contribution in [0.5, 0.6) is 0 Å². The zero-order chi connectivity index (χ0) is 14.9. The molecule has 2 fully saturated rings. The summed E-state index contributed by atoms with van der Waals surface area (Å²) in [6.45, 7) is 5.34. The minimum atomic E-state index is -0.278. The van der Waals surface area contributed by atoms with Crippen LogP contribution in [-0.4, -0.2) is 39.0 Å². The first-order valence-electron chi connectivity index (χ1n) is 7.72. The minimum Gasteiger partial charge on any atom is -0.347 e. The highest BCUT2D eigenvalue weighted by Crippen LogP contribution is 2.40. The third-order valence-corrected chi connectivity index (χ3v) is 5.19. The smallest absolute Gasteiger partial charge is 0.191 e. The van der Waals surface area contributed by atoms with Crippen molar-refractivity contribution >= 4 is 11.8 Å². The van der Waals surface area contributed by atoms with Crippen LogP contribution >= 0.6 is 11.8 Å². The van der Waals surface area contributed by atoms with Crippen molar-refractivity contribution in [1.29, 1.82) is 0 Å². The van der Waals surface area contributed by atoms with Crippen LogP contribution in [0.25, 0.3) is 0 Å². The van der Waals surface area contributed by atoms with Gasteiger partial charge >= 0.3 is 0 Å². The van der Waals surface area contributed by atoms with E-state index in [4.69, 9.17) is 15.2 Å². The monoisotopic (exact) mass is 312 g/mol. The molecule has 7 heteroatoms. The molecule has 2 heterocycles. The topological polar surface area (TPSA) is 75.2 Å². The number of hydrogen-bond donors (Lipinski definition) is 1. The first-order valence-corrected chi connectivity index (χ1v) is 8.70. The van der Waals surface area contributed by atoms with E-state index in [1.165, 1.54) is 12.8 Å². The minimum absolute atomic E-state index is 0.145. The molecular formula is C14H24N4O2S. The fourth-order valence-corrected chi connectivity index (χ4v) is 4.16. The molecule has 1 aromatic rings. The highest BCUT2D eigenvalue weighted by atomic mass is 32.2. The Morgan fingerprint density at radius 1 is 1.38 bits per heavy atom. The summed E-state index contributed by atoms with van der Waals surface area (Å²) in [6.07, 6.45) is 4.64.